The van der Waals surface area contributed by atoms with Crippen LogP contribution in [0.1, 0.15) is 16.8 Å². The molecule has 19 heavy (non-hydrogen) atoms. The first-order valence-corrected chi connectivity index (χ1v) is 5.90. The Hall–Kier alpha value is -1.70. The van der Waals surface area contributed by atoms with Crippen molar-refractivity contribution < 1.29 is 19.7 Å². The Morgan fingerprint density at radius 2 is 2.32 bits per heavy atom. The van der Waals surface area contributed by atoms with Gasteiger partial charge >= 0.3 is 0 Å². The monoisotopic (exact) mass is 269 g/mol. The Labute approximate surface area is 111 Å². The number of pyridine rings is 1. The van der Waals surface area contributed by atoms with Gasteiger partial charge in [0.1, 0.15) is 12.4 Å². The van der Waals surface area contributed by atoms with Crippen molar-refractivity contribution in [1.29, 1.82) is 0 Å². The molecule has 0 atom stereocenters. The van der Waals surface area contributed by atoms with Crippen molar-refractivity contribution in [2.75, 3.05) is 19.8 Å². The van der Waals surface area contributed by atoms with E-state index >= 15 is 0 Å². The van der Waals surface area contributed by atoms with E-state index in [0.29, 0.717) is 36.5 Å². The third-order valence-electron chi connectivity index (χ3n) is 2.57. The number of nitrogens with two attached hydrogens (primary N) is 1. The highest BCUT2D eigenvalue weighted by Gasteiger charge is 2.10. The van der Waals surface area contributed by atoms with Crippen molar-refractivity contribution in [3.63, 3.8) is 0 Å². The number of rotatable bonds is 8. The van der Waals surface area contributed by atoms with Crippen LogP contribution in [0.15, 0.2) is 6.20 Å². The van der Waals surface area contributed by atoms with Crippen LogP contribution >= 0.6 is 0 Å². The van der Waals surface area contributed by atoms with Crippen LogP contribution in [0, 0.1) is 6.92 Å². The number of aliphatic hydroxyl groups excluding tert-OH is 1. The van der Waals surface area contributed by atoms with Gasteiger partial charge in [0, 0.05) is 30.4 Å². The number of nitrogens with zero attached hydrogens (tertiary/aromatic N) is 1. The smallest absolute Gasteiger partial charge is 0.243 e. The fraction of sp³-hybridized carbons (Fsp3) is 0.500. The number of carbonyl (C=O) groups is 1. The number of nitrogens with one attached hydrogen (secondary N) is 1. The summed E-state index contributed by atoms with van der Waals surface area (Å²) in [6.07, 6.45) is 1.54. The Balaban J connectivity index is 2.44. The second-order valence-corrected chi connectivity index (χ2v) is 4.05. The number of hydrogen-bond acceptors (Lipinski definition) is 6. The minimum atomic E-state index is -0.509. The minimum absolute atomic E-state index is 0.0807. The van der Waals surface area contributed by atoms with Gasteiger partial charge in [0.2, 0.25) is 5.91 Å². The van der Waals surface area contributed by atoms with Crippen molar-refractivity contribution in [1.82, 2.24) is 10.3 Å². The zero-order chi connectivity index (χ0) is 14.3. The number of amides is 1. The number of aromatic hydroxyl groups is 1. The standard InChI is InChI=1S/C12H19N3O4/c1-8-12(18)10(9(6-16)4-15-8)5-14-2-3-19-7-11(13)17/h4,14,16,18H,2-3,5-7H2,1H3,(H2,13,17). The quantitative estimate of drug-likeness (QED) is 0.458. The van der Waals surface area contributed by atoms with E-state index in [-0.39, 0.29) is 19.0 Å². The largest absolute Gasteiger partial charge is 0.506 e. The van der Waals surface area contributed by atoms with E-state index in [1.165, 1.54) is 6.20 Å². The Morgan fingerprint density at radius 1 is 1.58 bits per heavy atom. The molecule has 0 aliphatic rings. The van der Waals surface area contributed by atoms with Gasteiger partial charge in [0.15, 0.2) is 0 Å². The molecule has 0 bridgehead atoms. The highest BCUT2D eigenvalue weighted by atomic mass is 16.5. The maximum atomic E-state index is 10.4. The molecule has 0 aliphatic carbocycles. The second-order valence-electron chi connectivity index (χ2n) is 4.05. The summed E-state index contributed by atoms with van der Waals surface area (Å²) in [6, 6.07) is 0. The molecule has 0 fully saturated rings. The average molecular weight is 269 g/mol. The van der Waals surface area contributed by atoms with Gasteiger partial charge in [-0.1, -0.05) is 0 Å². The molecule has 0 aliphatic heterocycles. The lowest BCUT2D eigenvalue weighted by Gasteiger charge is -2.12. The first-order chi connectivity index (χ1) is 9.06. The maximum absolute atomic E-state index is 10.4. The van der Waals surface area contributed by atoms with Crippen molar-refractivity contribution in [3.05, 3.63) is 23.0 Å². The Morgan fingerprint density at radius 3 is 2.95 bits per heavy atom. The molecule has 0 spiro atoms. The molecule has 0 unspecified atom stereocenters. The molecule has 1 heterocycles. The zero-order valence-electron chi connectivity index (χ0n) is 10.8. The molecule has 1 rings (SSSR count). The summed E-state index contributed by atoms with van der Waals surface area (Å²) in [4.78, 5) is 14.4. The van der Waals surface area contributed by atoms with E-state index in [1.54, 1.807) is 6.92 Å². The van der Waals surface area contributed by atoms with Crippen LogP contribution in [0.3, 0.4) is 0 Å². The third kappa shape index (κ3) is 4.82. The van der Waals surface area contributed by atoms with Crippen LogP contribution in [0.2, 0.25) is 0 Å². The highest BCUT2D eigenvalue weighted by Crippen LogP contribution is 2.23. The molecular weight excluding hydrogens is 250 g/mol. The summed E-state index contributed by atoms with van der Waals surface area (Å²) in [5.74, 6) is -0.429. The highest BCUT2D eigenvalue weighted by molar-refractivity contribution is 5.74. The predicted octanol–water partition coefficient (Wildman–Crippen LogP) is -0.821. The number of aromatic nitrogens is 1. The predicted molar refractivity (Wildman–Crippen MR) is 68.3 cm³/mol. The first-order valence-electron chi connectivity index (χ1n) is 5.90. The van der Waals surface area contributed by atoms with Crippen molar-refractivity contribution >= 4 is 5.91 Å². The van der Waals surface area contributed by atoms with Gasteiger partial charge < -0.3 is 26.0 Å². The van der Waals surface area contributed by atoms with E-state index in [9.17, 15) is 15.0 Å². The lowest BCUT2D eigenvalue weighted by atomic mass is 10.1. The fourth-order valence-corrected chi connectivity index (χ4v) is 1.55. The number of aliphatic hydroxyl groups is 1. The van der Waals surface area contributed by atoms with Gasteiger partial charge in [-0.2, -0.15) is 0 Å². The number of hydrogen-bond donors (Lipinski definition) is 4. The van der Waals surface area contributed by atoms with E-state index < -0.39 is 5.91 Å². The average Bonchev–Trinajstić information content (AvgIpc) is 2.38. The van der Waals surface area contributed by atoms with Crippen LogP contribution in [-0.2, 0) is 22.7 Å². The van der Waals surface area contributed by atoms with Crippen molar-refractivity contribution in [3.8, 4) is 5.75 Å². The number of aryl methyl sites for hydroxylation is 1. The van der Waals surface area contributed by atoms with Crippen molar-refractivity contribution in [2.24, 2.45) is 5.73 Å². The van der Waals surface area contributed by atoms with E-state index in [0.717, 1.165) is 0 Å². The summed E-state index contributed by atoms with van der Waals surface area (Å²) < 4.78 is 4.98. The minimum Gasteiger partial charge on any atom is -0.506 e. The normalized spacial score (nSPS) is 10.6. The summed E-state index contributed by atoms with van der Waals surface area (Å²) in [5.41, 5.74) is 6.63. The van der Waals surface area contributed by atoms with Crippen molar-refractivity contribution in [2.45, 2.75) is 20.1 Å². The molecule has 1 amide bonds. The number of ether oxygens (including phenoxy) is 1. The zero-order valence-corrected chi connectivity index (χ0v) is 10.8. The van der Waals surface area contributed by atoms with Gasteiger partial charge in [-0.25, -0.2) is 0 Å². The Bertz CT molecular complexity index is 437. The summed E-state index contributed by atoms with van der Waals surface area (Å²) in [6.45, 7) is 2.61. The Kier molecular flexibility index (Phi) is 6.20. The number of primary amides is 1. The van der Waals surface area contributed by atoms with Gasteiger partial charge in [0.25, 0.3) is 0 Å². The molecule has 7 nitrogen and oxygen atoms in total. The lowest BCUT2D eigenvalue weighted by molar-refractivity contribution is -0.122. The molecule has 1 aromatic heterocycles. The van der Waals surface area contributed by atoms with E-state index in [2.05, 4.69) is 10.3 Å². The molecule has 5 N–H and O–H groups in total. The molecule has 0 aromatic carbocycles. The third-order valence-corrected chi connectivity index (χ3v) is 2.57. The fourth-order valence-electron chi connectivity index (χ4n) is 1.55. The summed E-state index contributed by atoms with van der Waals surface area (Å²) in [5, 5.41) is 22.1. The number of carbonyl (C=O) groups excluding carboxylic acids is 1. The molecule has 7 heteroatoms. The molecule has 0 radical (unpaired) electrons. The van der Waals surface area contributed by atoms with Crippen LogP contribution < -0.4 is 11.1 Å². The second kappa shape index (κ2) is 7.67. The van der Waals surface area contributed by atoms with Gasteiger partial charge in [-0.05, 0) is 6.92 Å². The van der Waals surface area contributed by atoms with Gasteiger partial charge in [0.05, 0.1) is 18.9 Å². The topological polar surface area (TPSA) is 118 Å². The molecule has 0 saturated heterocycles. The van der Waals surface area contributed by atoms with Crippen LogP contribution in [0.4, 0.5) is 0 Å². The SMILES string of the molecule is Cc1ncc(CO)c(CNCCOCC(N)=O)c1O. The first kappa shape index (κ1) is 15.4. The van der Waals surface area contributed by atoms with E-state index in [4.69, 9.17) is 10.5 Å². The van der Waals surface area contributed by atoms with Gasteiger partial charge in [-0.15, -0.1) is 0 Å². The van der Waals surface area contributed by atoms with Crippen LogP contribution in [-0.4, -0.2) is 40.9 Å². The van der Waals surface area contributed by atoms with E-state index in [1.807, 2.05) is 0 Å². The van der Waals surface area contributed by atoms with Crippen LogP contribution in [0.5, 0.6) is 5.75 Å². The summed E-state index contributed by atoms with van der Waals surface area (Å²) >= 11 is 0. The molecular formula is C12H19N3O4. The molecule has 1 aromatic rings. The van der Waals surface area contributed by atoms with Gasteiger partial charge in [-0.3, -0.25) is 9.78 Å². The lowest BCUT2D eigenvalue weighted by Crippen LogP contribution is -2.24. The van der Waals surface area contributed by atoms with Crippen LogP contribution in [0.25, 0.3) is 0 Å². The maximum Gasteiger partial charge on any atom is 0.243 e. The molecule has 0 saturated carbocycles. The summed E-state index contributed by atoms with van der Waals surface area (Å²) in [7, 11) is 0. The molecule has 106 valence electrons.